The molecule has 0 amide bonds. The molecule has 5 atom stereocenters. The van der Waals surface area contributed by atoms with Crippen LogP contribution in [0.3, 0.4) is 0 Å². The number of benzene rings is 1. The van der Waals surface area contributed by atoms with E-state index in [-0.39, 0.29) is 41.3 Å². The zero-order valence-electron chi connectivity index (χ0n) is 19.3. The molecule has 0 unspecified atom stereocenters. The molecule has 1 aromatic carbocycles. The van der Waals surface area contributed by atoms with Crippen molar-refractivity contribution in [2.24, 2.45) is 11.3 Å². The number of rotatable bonds is 9. The smallest absolute Gasteiger partial charge is 0.192 e. The SMILES string of the molecule is C=CC[C@@]1(C)[C@H](OCc2ccccc2)[C@@H](OC)[C@H](O[Si](C)(C)C(C)(C)C)[C@@H]1CO. The maximum Gasteiger partial charge on any atom is 0.192 e. The largest absolute Gasteiger partial charge is 0.411 e. The summed E-state index contributed by atoms with van der Waals surface area (Å²) in [6.45, 7) is 17.9. The molecule has 164 valence electrons. The molecule has 0 aromatic heterocycles. The van der Waals surface area contributed by atoms with Crippen LogP contribution in [0.5, 0.6) is 0 Å². The van der Waals surface area contributed by atoms with E-state index >= 15 is 0 Å². The second-order valence-electron chi connectivity index (χ2n) is 10.0. The number of allylic oxidation sites excluding steroid dienone is 1. The highest BCUT2D eigenvalue weighted by molar-refractivity contribution is 6.74. The van der Waals surface area contributed by atoms with Gasteiger partial charge in [0, 0.05) is 25.0 Å². The molecule has 1 aromatic rings. The summed E-state index contributed by atoms with van der Waals surface area (Å²) in [5.41, 5.74) is 0.802. The lowest BCUT2D eigenvalue weighted by Crippen LogP contribution is -2.49. The van der Waals surface area contributed by atoms with Crippen molar-refractivity contribution >= 4 is 8.32 Å². The van der Waals surface area contributed by atoms with Crippen LogP contribution in [-0.4, -0.2) is 45.5 Å². The lowest BCUT2D eigenvalue weighted by molar-refractivity contribution is -0.104. The zero-order chi connectivity index (χ0) is 21.9. The Kier molecular flexibility index (Phi) is 7.90. The van der Waals surface area contributed by atoms with Gasteiger partial charge in [0.2, 0.25) is 0 Å². The van der Waals surface area contributed by atoms with E-state index in [1.807, 2.05) is 24.3 Å². The van der Waals surface area contributed by atoms with Crippen LogP contribution in [0.2, 0.25) is 18.1 Å². The van der Waals surface area contributed by atoms with Gasteiger partial charge in [0.15, 0.2) is 8.32 Å². The first-order valence-electron chi connectivity index (χ1n) is 10.6. The summed E-state index contributed by atoms with van der Waals surface area (Å²) in [5.74, 6) is -0.0830. The van der Waals surface area contributed by atoms with Crippen LogP contribution in [0, 0.1) is 11.3 Å². The van der Waals surface area contributed by atoms with Crippen molar-refractivity contribution in [3.8, 4) is 0 Å². The minimum Gasteiger partial charge on any atom is -0.411 e. The highest BCUT2D eigenvalue weighted by Crippen LogP contribution is 2.52. The maximum absolute atomic E-state index is 10.4. The third-order valence-corrected chi connectivity index (χ3v) is 11.6. The van der Waals surface area contributed by atoms with Crippen molar-refractivity contribution in [1.29, 1.82) is 0 Å². The second-order valence-corrected chi connectivity index (χ2v) is 14.8. The van der Waals surface area contributed by atoms with Crippen LogP contribution in [0.4, 0.5) is 0 Å². The first-order valence-corrected chi connectivity index (χ1v) is 13.5. The van der Waals surface area contributed by atoms with Gasteiger partial charge in [-0.2, -0.15) is 0 Å². The van der Waals surface area contributed by atoms with Crippen molar-refractivity contribution < 1.29 is 19.0 Å². The molecule has 1 aliphatic rings. The van der Waals surface area contributed by atoms with Gasteiger partial charge in [0.05, 0.1) is 18.8 Å². The third kappa shape index (κ3) is 5.02. The van der Waals surface area contributed by atoms with E-state index < -0.39 is 8.32 Å². The predicted octanol–water partition coefficient (Wildman–Crippen LogP) is 5.18. The Morgan fingerprint density at radius 2 is 1.79 bits per heavy atom. The van der Waals surface area contributed by atoms with Gasteiger partial charge in [-0.25, -0.2) is 0 Å². The number of methoxy groups -OCH3 is 1. The molecule has 0 bridgehead atoms. The Balaban J connectivity index is 2.37. The molecule has 0 aliphatic heterocycles. The average molecular weight is 421 g/mol. The summed E-state index contributed by atoms with van der Waals surface area (Å²) >= 11 is 0. The average Bonchev–Trinajstić information content (AvgIpc) is 2.86. The monoisotopic (exact) mass is 420 g/mol. The van der Waals surface area contributed by atoms with E-state index in [9.17, 15) is 5.11 Å². The maximum atomic E-state index is 10.4. The Morgan fingerprint density at radius 3 is 2.28 bits per heavy atom. The molecule has 1 fully saturated rings. The van der Waals surface area contributed by atoms with E-state index in [0.717, 1.165) is 12.0 Å². The van der Waals surface area contributed by atoms with Crippen LogP contribution < -0.4 is 0 Å². The summed E-state index contributed by atoms with van der Waals surface area (Å²) in [6.07, 6.45) is 2.00. The molecular formula is C24H40O4Si. The highest BCUT2D eigenvalue weighted by atomic mass is 28.4. The van der Waals surface area contributed by atoms with Crippen LogP contribution >= 0.6 is 0 Å². The fraction of sp³-hybridized carbons (Fsp3) is 0.667. The molecule has 0 spiro atoms. The first kappa shape index (κ1) is 24.3. The Morgan fingerprint density at radius 1 is 1.17 bits per heavy atom. The van der Waals surface area contributed by atoms with Gasteiger partial charge < -0.3 is 19.0 Å². The first-order chi connectivity index (χ1) is 13.5. The van der Waals surface area contributed by atoms with Gasteiger partial charge in [0.1, 0.15) is 6.10 Å². The minimum atomic E-state index is -2.06. The van der Waals surface area contributed by atoms with Crippen LogP contribution in [-0.2, 0) is 20.5 Å². The molecule has 0 heterocycles. The van der Waals surface area contributed by atoms with E-state index in [0.29, 0.717) is 6.61 Å². The number of hydrogen-bond acceptors (Lipinski definition) is 4. The van der Waals surface area contributed by atoms with Crippen LogP contribution in [0.15, 0.2) is 43.0 Å². The molecule has 1 N–H and O–H groups in total. The molecule has 29 heavy (non-hydrogen) atoms. The molecule has 1 saturated carbocycles. The van der Waals surface area contributed by atoms with Gasteiger partial charge >= 0.3 is 0 Å². The van der Waals surface area contributed by atoms with Crippen molar-refractivity contribution in [2.45, 2.75) is 77.2 Å². The lowest BCUT2D eigenvalue weighted by atomic mass is 9.75. The third-order valence-electron chi connectivity index (χ3n) is 7.08. The fourth-order valence-corrected chi connectivity index (χ4v) is 5.56. The Bertz CT molecular complexity index is 655. The number of aliphatic hydroxyl groups excluding tert-OH is 1. The van der Waals surface area contributed by atoms with Gasteiger partial charge in [-0.15, -0.1) is 6.58 Å². The lowest BCUT2D eigenvalue weighted by Gasteiger charge is -2.41. The molecule has 2 rings (SSSR count). The minimum absolute atomic E-state index is 0.0364. The zero-order valence-corrected chi connectivity index (χ0v) is 20.3. The molecule has 5 heteroatoms. The van der Waals surface area contributed by atoms with Crippen molar-refractivity contribution in [3.05, 3.63) is 48.6 Å². The standard InChI is InChI=1S/C24H40O4Si/c1-9-15-24(5)19(16-25)20(28-29(7,8)23(2,3)4)21(26-6)22(24)27-17-18-13-11-10-12-14-18/h9-14,19-22,25H,1,15-17H2,2-8H3/t19-,20+,21-,22+,24+/m0/s1. The number of aliphatic hydroxyl groups is 1. The van der Waals surface area contributed by atoms with Gasteiger partial charge in [-0.05, 0) is 30.1 Å². The molecule has 0 radical (unpaired) electrons. The van der Waals surface area contributed by atoms with Gasteiger partial charge in [0.25, 0.3) is 0 Å². The topological polar surface area (TPSA) is 47.9 Å². The van der Waals surface area contributed by atoms with E-state index in [1.54, 1.807) is 7.11 Å². The van der Waals surface area contributed by atoms with E-state index in [4.69, 9.17) is 13.9 Å². The second kappa shape index (κ2) is 9.44. The summed E-state index contributed by atoms with van der Waals surface area (Å²) < 4.78 is 19.3. The van der Waals surface area contributed by atoms with Gasteiger partial charge in [-0.1, -0.05) is 64.1 Å². The normalized spacial score (nSPS) is 30.5. The number of ether oxygens (including phenoxy) is 2. The Hall–Kier alpha value is -0.983. The van der Waals surface area contributed by atoms with Crippen LogP contribution in [0.25, 0.3) is 0 Å². The predicted molar refractivity (Wildman–Crippen MR) is 121 cm³/mol. The molecule has 4 nitrogen and oxygen atoms in total. The van der Waals surface area contributed by atoms with Crippen molar-refractivity contribution in [1.82, 2.24) is 0 Å². The molecular weight excluding hydrogens is 380 g/mol. The highest BCUT2D eigenvalue weighted by Gasteiger charge is 2.60. The molecule has 0 saturated heterocycles. The van der Waals surface area contributed by atoms with Crippen molar-refractivity contribution in [3.63, 3.8) is 0 Å². The van der Waals surface area contributed by atoms with E-state index in [1.165, 1.54) is 0 Å². The quantitative estimate of drug-likeness (QED) is 0.442. The number of hydrogen-bond donors (Lipinski definition) is 1. The summed E-state index contributed by atoms with van der Waals surface area (Å²) in [5, 5.41) is 10.5. The summed E-state index contributed by atoms with van der Waals surface area (Å²) in [4.78, 5) is 0. The Labute approximate surface area is 178 Å². The van der Waals surface area contributed by atoms with Crippen molar-refractivity contribution in [2.75, 3.05) is 13.7 Å². The summed E-state index contributed by atoms with van der Waals surface area (Å²) in [7, 11) is -0.339. The van der Waals surface area contributed by atoms with E-state index in [2.05, 4.69) is 59.5 Å². The van der Waals surface area contributed by atoms with Crippen LogP contribution in [0.1, 0.15) is 39.7 Å². The molecule has 1 aliphatic carbocycles. The summed E-state index contributed by atoms with van der Waals surface area (Å²) in [6, 6.07) is 10.2. The van der Waals surface area contributed by atoms with Gasteiger partial charge in [-0.3, -0.25) is 0 Å². The fourth-order valence-electron chi connectivity index (χ4n) is 4.22.